The monoisotopic (exact) mass is 756 g/mol. The first-order valence-corrected chi connectivity index (χ1v) is 22.9. The van der Waals surface area contributed by atoms with Crippen molar-refractivity contribution in [3.05, 3.63) is 70.8 Å². The molecule has 11 heteroatoms. The molecule has 2 unspecified atom stereocenters. The Hall–Kier alpha value is -1.08. The van der Waals surface area contributed by atoms with Gasteiger partial charge in [0, 0.05) is 23.6 Å². The number of hydrogen-bond acceptors (Lipinski definition) is 7. The number of hydrogen-bond donors (Lipinski definition) is 4. The molecule has 0 saturated heterocycles. The summed E-state index contributed by atoms with van der Waals surface area (Å²) in [4.78, 5) is 0. The molecule has 2 rings (SSSR count). The van der Waals surface area contributed by atoms with Crippen LogP contribution in [0.15, 0.2) is 48.5 Å². The molecule has 0 radical (unpaired) electrons. The molecule has 0 spiro atoms. The van der Waals surface area contributed by atoms with Crippen LogP contribution in [0.25, 0.3) is 0 Å². The van der Waals surface area contributed by atoms with Crippen LogP contribution in [0.2, 0.25) is 0 Å². The average Bonchev–Trinajstić information content (AvgIpc) is 3.08. The molecule has 0 amide bonds. The van der Waals surface area contributed by atoms with Crippen LogP contribution in [0.4, 0.5) is 0 Å². The zero-order valence-electron chi connectivity index (χ0n) is 30.1. The van der Waals surface area contributed by atoms with Gasteiger partial charge >= 0.3 is 0 Å². The van der Waals surface area contributed by atoms with Crippen molar-refractivity contribution < 1.29 is 21.6 Å². The third-order valence-corrected chi connectivity index (χ3v) is 12.4. The van der Waals surface area contributed by atoms with E-state index in [4.69, 9.17) is 4.74 Å². The van der Waals surface area contributed by atoms with Gasteiger partial charge in [0.1, 0.15) is 0 Å². The Kier molecular flexibility index (Phi) is 23.2. The summed E-state index contributed by atoms with van der Waals surface area (Å²) < 4.78 is 62.2. The van der Waals surface area contributed by atoms with Crippen molar-refractivity contribution >= 4 is 45.3 Å². The Bertz CT molecular complexity index is 1270. The Labute approximate surface area is 310 Å². The summed E-state index contributed by atoms with van der Waals surface area (Å²) >= 11 is 9.06. The smallest absolute Gasteiger partial charge is 0.211 e. The first-order valence-electron chi connectivity index (χ1n) is 18.6. The maximum absolute atomic E-state index is 12.7. The predicted octanol–water partition coefficient (Wildman–Crippen LogP) is 8.43. The molecule has 0 heterocycles. The van der Waals surface area contributed by atoms with E-state index in [1.807, 2.05) is 36.4 Å². The van der Waals surface area contributed by atoms with Crippen molar-refractivity contribution in [3.8, 4) is 0 Å². The van der Waals surface area contributed by atoms with Crippen molar-refractivity contribution in [1.82, 2.24) is 9.44 Å². The van der Waals surface area contributed by atoms with Crippen LogP contribution in [-0.2, 0) is 50.7 Å². The summed E-state index contributed by atoms with van der Waals surface area (Å²) in [7, 11) is -6.95. The fourth-order valence-electron chi connectivity index (χ4n) is 5.75. The summed E-state index contributed by atoms with van der Waals surface area (Å²) in [6.07, 6.45) is 17.3. The van der Waals surface area contributed by atoms with Crippen LogP contribution in [0.1, 0.15) is 126 Å². The summed E-state index contributed by atoms with van der Waals surface area (Å²) in [5.74, 6) is -0.0825. The van der Waals surface area contributed by atoms with Crippen LogP contribution in [-0.4, -0.2) is 52.1 Å². The average molecular weight is 757 g/mol. The van der Waals surface area contributed by atoms with E-state index < -0.39 is 20.0 Å². The fourth-order valence-corrected chi connectivity index (χ4v) is 8.80. The van der Waals surface area contributed by atoms with E-state index >= 15 is 0 Å². The van der Waals surface area contributed by atoms with E-state index in [1.54, 1.807) is 0 Å². The molecule has 2 aromatic carbocycles. The Morgan fingerprint density at radius 3 is 1.29 bits per heavy atom. The van der Waals surface area contributed by atoms with Gasteiger partial charge in [0.25, 0.3) is 0 Å². The second-order valence-corrected chi connectivity index (χ2v) is 18.6. The van der Waals surface area contributed by atoms with Gasteiger partial charge < -0.3 is 4.74 Å². The van der Waals surface area contributed by atoms with Gasteiger partial charge in [-0.1, -0.05) is 127 Å². The van der Waals surface area contributed by atoms with E-state index in [1.165, 1.54) is 75.3 Å². The third-order valence-electron chi connectivity index (χ3n) is 8.86. The van der Waals surface area contributed by atoms with Crippen molar-refractivity contribution in [2.24, 2.45) is 0 Å². The van der Waals surface area contributed by atoms with Gasteiger partial charge in [-0.15, -0.1) is 0 Å². The second-order valence-electron chi connectivity index (χ2n) is 13.3. The van der Waals surface area contributed by atoms with Gasteiger partial charge in [0.15, 0.2) is 0 Å². The van der Waals surface area contributed by atoms with E-state index in [-0.39, 0.29) is 48.3 Å². The van der Waals surface area contributed by atoms with Crippen molar-refractivity contribution in [1.29, 1.82) is 0 Å². The Morgan fingerprint density at radius 2 is 0.898 bits per heavy atom. The molecular formula is C38H64N2O5S4. The molecular weight excluding hydrogens is 693 g/mol. The number of thiol groups is 2. The first-order chi connectivity index (χ1) is 23.5. The lowest BCUT2D eigenvalue weighted by molar-refractivity contribution is 0.136. The molecule has 280 valence electrons. The zero-order chi connectivity index (χ0) is 35.8. The number of rotatable bonds is 30. The molecule has 49 heavy (non-hydrogen) atoms. The number of sulfonamides is 2. The molecule has 7 nitrogen and oxygen atoms in total. The summed E-state index contributed by atoms with van der Waals surface area (Å²) in [5.41, 5.74) is 4.46. The second kappa shape index (κ2) is 25.8. The highest BCUT2D eigenvalue weighted by Crippen LogP contribution is 2.17. The molecule has 0 aliphatic rings. The van der Waals surface area contributed by atoms with Crippen LogP contribution in [0, 0.1) is 0 Å². The quantitative estimate of drug-likeness (QED) is 0.0474. The fraction of sp³-hybridized carbons (Fsp3) is 0.684. The molecule has 0 bridgehead atoms. The lowest BCUT2D eigenvalue weighted by Crippen LogP contribution is -2.29. The minimum atomic E-state index is -3.47. The van der Waals surface area contributed by atoms with Gasteiger partial charge in [-0.2, -0.15) is 25.3 Å². The van der Waals surface area contributed by atoms with Crippen molar-refractivity contribution in [2.75, 3.05) is 24.7 Å². The van der Waals surface area contributed by atoms with Gasteiger partial charge in [-0.05, 0) is 60.8 Å². The lowest BCUT2D eigenvalue weighted by Gasteiger charge is -2.16. The molecule has 0 saturated carbocycles. The predicted molar refractivity (Wildman–Crippen MR) is 214 cm³/mol. The number of ether oxygens (including phenoxy) is 1. The molecule has 2 aromatic rings. The highest BCUT2D eigenvalue weighted by Gasteiger charge is 2.17. The summed E-state index contributed by atoms with van der Waals surface area (Å²) in [6.45, 7) is 5.53. The maximum atomic E-state index is 12.7. The number of nitrogens with one attached hydrogen (secondary N) is 2. The minimum absolute atomic E-state index is 0.0412. The van der Waals surface area contributed by atoms with Crippen molar-refractivity contribution in [3.63, 3.8) is 0 Å². The Morgan fingerprint density at radius 1 is 0.551 bits per heavy atom. The zero-order valence-corrected chi connectivity index (χ0v) is 33.5. The standard InChI is InChI=1S/C38H64N2O5S4/c1-3-5-7-9-11-13-19-33-21-15-17-23-35(33)29-39-48(41,42)27-25-37(46)31-45-32-38(47)26-28-49(43,44)40-30-36-24-18-16-22-34(36)20-14-12-10-8-6-4-2/h15-18,21-24,37-40,46-47H,3-14,19-20,25-32H2,1-2H3. The molecule has 0 aromatic heterocycles. The van der Waals surface area contributed by atoms with Gasteiger partial charge in [-0.3, -0.25) is 0 Å². The number of aryl methyl sites for hydroxylation is 2. The van der Waals surface area contributed by atoms with Crippen LogP contribution < -0.4 is 9.44 Å². The highest BCUT2D eigenvalue weighted by atomic mass is 32.2. The van der Waals surface area contributed by atoms with Crippen LogP contribution >= 0.6 is 25.3 Å². The highest BCUT2D eigenvalue weighted by molar-refractivity contribution is 7.89. The van der Waals surface area contributed by atoms with Crippen LogP contribution in [0.3, 0.4) is 0 Å². The molecule has 0 aliphatic heterocycles. The summed E-state index contributed by atoms with van der Waals surface area (Å²) in [6, 6.07) is 16.1. The topological polar surface area (TPSA) is 102 Å². The molecule has 2 N–H and O–H groups in total. The molecule has 0 fully saturated rings. The lowest BCUT2D eigenvalue weighted by atomic mass is 10.0. The van der Waals surface area contributed by atoms with E-state index in [2.05, 4.69) is 60.7 Å². The van der Waals surface area contributed by atoms with E-state index in [0.717, 1.165) is 36.8 Å². The van der Waals surface area contributed by atoms with Gasteiger partial charge in [0.05, 0.1) is 24.7 Å². The SMILES string of the molecule is CCCCCCCCc1ccccc1CNS(=O)(=O)CCC(S)COCC(S)CCS(=O)(=O)NCc1ccccc1CCCCCCCC. The van der Waals surface area contributed by atoms with Crippen LogP contribution in [0.5, 0.6) is 0 Å². The van der Waals surface area contributed by atoms with Gasteiger partial charge in [0.2, 0.25) is 20.0 Å². The first kappa shape index (κ1) is 44.1. The number of benzene rings is 2. The Balaban J connectivity index is 1.64. The molecule has 2 atom stereocenters. The van der Waals surface area contributed by atoms with E-state index in [0.29, 0.717) is 12.8 Å². The molecule has 0 aliphatic carbocycles. The maximum Gasteiger partial charge on any atom is 0.211 e. The minimum Gasteiger partial charge on any atom is -0.379 e. The summed E-state index contributed by atoms with van der Waals surface area (Å²) in [5, 5.41) is -0.530. The van der Waals surface area contributed by atoms with Gasteiger partial charge in [-0.25, -0.2) is 26.3 Å². The largest absolute Gasteiger partial charge is 0.379 e. The van der Waals surface area contributed by atoms with E-state index in [9.17, 15) is 16.8 Å². The third kappa shape index (κ3) is 21.1. The normalized spacial score (nSPS) is 13.5. The van der Waals surface area contributed by atoms with Crippen molar-refractivity contribution in [2.45, 2.75) is 140 Å². The number of unbranched alkanes of at least 4 members (excludes halogenated alkanes) is 10.